The summed E-state index contributed by atoms with van der Waals surface area (Å²) in [6, 6.07) is 6.16. The third-order valence-corrected chi connectivity index (χ3v) is 5.82. The summed E-state index contributed by atoms with van der Waals surface area (Å²) in [5.41, 5.74) is 0.242. The van der Waals surface area contributed by atoms with Crippen molar-refractivity contribution in [1.29, 1.82) is 0 Å². The maximum Gasteiger partial charge on any atom is 0.573 e. The van der Waals surface area contributed by atoms with Crippen molar-refractivity contribution in [3.05, 3.63) is 24.3 Å². The number of hydrogen-bond acceptors (Lipinski definition) is 5. The Hall–Kier alpha value is -2.16. The van der Waals surface area contributed by atoms with Crippen LogP contribution in [-0.4, -0.2) is 49.3 Å². The molecule has 1 aromatic carbocycles. The molecule has 6 nitrogen and oxygen atoms in total. The van der Waals surface area contributed by atoms with Gasteiger partial charge in [-0.25, -0.2) is 4.79 Å². The number of amides is 1. The van der Waals surface area contributed by atoms with E-state index >= 15 is 0 Å². The zero-order chi connectivity index (χ0) is 23.4. The van der Waals surface area contributed by atoms with Crippen molar-refractivity contribution in [2.45, 2.75) is 89.4 Å². The van der Waals surface area contributed by atoms with E-state index in [9.17, 15) is 18.0 Å². The topological polar surface area (TPSA) is 62.8 Å². The third-order valence-electron chi connectivity index (χ3n) is 5.82. The number of alkyl halides is 3. The first-order valence-corrected chi connectivity index (χ1v) is 11.4. The number of nitrogens with one attached hydrogen (secondary N) is 2. The van der Waals surface area contributed by atoms with Crippen LogP contribution >= 0.6 is 0 Å². The molecule has 1 saturated heterocycles. The molecule has 3 rings (SSSR count). The first kappa shape index (κ1) is 24.5. The summed E-state index contributed by atoms with van der Waals surface area (Å²) in [6.07, 6.45) is 0.588. The van der Waals surface area contributed by atoms with Gasteiger partial charge >= 0.3 is 12.5 Å². The summed E-state index contributed by atoms with van der Waals surface area (Å²) >= 11 is 0. The van der Waals surface area contributed by atoms with Crippen LogP contribution in [-0.2, 0) is 4.74 Å². The van der Waals surface area contributed by atoms with E-state index in [1.54, 1.807) is 12.1 Å². The fourth-order valence-corrected chi connectivity index (χ4v) is 4.64. The van der Waals surface area contributed by atoms with E-state index in [1.165, 1.54) is 12.1 Å². The molecule has 1 heterocycles. The van der Waals surface area contributed by atoms with Gasteiger partial charge in [-0.2, -0.15) is 0 Å². The Balaban J connectivity index is 1.84. The van der Waals surface area contributed by atoms with Crippen molar-refractivity contribution >= 4 is 11.8 Å². The second-order valence-corrected chi connectivity index (χ2v) is 9.55. The van der Waals surface area contributed by atoms with E-state index in [-0.39, 0.29) is 23.9 Å². The lowest BCUT2D eigenvalue weighted by molar-refractivity contribution is -0.274. The van der Waals surface area contributed by atoms with Crippen LogP contribution in [0.25, 0.3) is 0 Å². The molecule has 180 valence electrons. The Morgan fingerprint density at radius 3 is 2.34 bits per heavy atom. The predicted molar refractivity (Wildman–Crippen MR) is 117 cm³/mol. The highest BCUT2D eigenvalue weighted by Crippen LogP contribution is 2.33. The lowest BCUT2D eigenvalue weighted by Crippen LogP contribution is -2.59. The summed E-state index contributed by atoms with van der Waals surface area (Å²) in [7, 11) is 0. The van der Waals surface area contributed by atoms with Gasteiger partial charge in [-0.3, -0.25) is 0 Å². The lowest BCUT2D eigenvalue weighted by atomic mass is 9.87. The minimum atomic E-state index is -4.72. The Labute approximate surface area is 187 Å². The van der Waals surface area contributed by atoms with Crippen LogP contribution in [0.5, 0.6) is 5.75 Å². The van der Waals surface area contributed by atoms with Crippen molar-refractivity contribution in [1.82, 2.24) is 10.6 Å². The number of anilines is 1. The highest BCUT2D eigenvalue weighted by Gasteiger charge is 2.37. The Morgan fingerprint density at radius 2 is 1.75 bits per heavy atom. The molecule has 0 aromatic heterocycles. The van der Waals surface area contributed by atoms with E-state index in [4.69, 9.17) is 4.74 Å². The van der Waals surface area contributed by atoms with Gasteiger partial charge in [-0.05, 0) is 77.3 Å². The lowest BCUT2D eigenvalue weighted by Gasteiger charge is -2.47. The normalized spacial score (nSPS) is 24.5. The van der Waals surface area contributed by atoms with E-state index < -0.39 is 18.1 Å². The largest absolute Gasteiger partial charge is 0.573 e. The van der Waals surface area contributed by atoms with Crippen LogP contribution in [0.4, 0.5) is 23.7 Å². The molecule has 0 unspecified atom stereocenters. The number of ether oxygens (including phenoxy) is 2. The number of carbonyl (C=O) groups is 1. The van der Waals surface area contributed by atoms with Crippen molar-refractivity contribution in [2.24, 2.45) is 0 Å². The van der Waals surface area contributed by atoms with Crippen LogP contribution in [0.1, 0.15) is 59.3 Å². The van der Waals surface area contributed by atoms with Crippen LogP contribution in [0.2, 0.25) is 0 Å². The standard InChI is InChI=1S/C23H34F3N3O3/c1-22(2,3)32-21(30)28-19-8-4-5-9-20(19)29(17-7-6-14-27-15-17)16-10-12-18(13-11-16)31-23(24,25)26/h10-13,17,19-20,27H,4-9,14-15H2,1-3H3,(H,28,30)/t17-,19+,20+/m0/s1. The maximum absolute atomic E-state index is 12.6. The van der Waals surface area contributed by atoms with Gasteiger partial charge in [-0.1, -0.05) is 12.8 Å². The van der Waals surface area contributed by atoms with Crippen LogP contribution < -0.4 is 20.3 Å². The number of carbonyl (C=O) groups excluding carboxylic acids is 1. The summed E-state index contributed by atoms with van der Waals surface area (Å²) < 4.78 is 47.3. The number of halogens is 3. The van der Waals surface area contributed by atoms with Gasteiger partial charge in [0.2, 0.25) is 0 Å². The number of alkyl carbamates (subject to hydrolysis) is 1. The molecule has 9 heteroatoms. The minimum Gasteiger partial charge on any atom is -0.444 e. The second kappa shape index (κ2) is 10.2. The zero-order valence-electron chi connectivity index (χ0n) is 19.0. The molecule has 1 aromatic rings. The smallest absolute Gasteiger partial charge is 0.444 e. The fourth-order valence-electron chi connectivity index (χ4n) is 4.64. The van der Waals surface area contributed by atoms with Crippen molar-refractivity contribution < 1.29 is 27.4 Å². The molecule has 3 atom stereocenters. The van der Waals surface area contributed by atoms with Crippen LogP contribution in [0, 0.1) is 0 Å². The quantitative estimate of drug-likeness (QED) is 0.653. The molecule has 2 fully saturated rings. The second-order valence-electron chi connectivity index (χ2n) is 9.55. The molecule has 1 aliphatic carbocycles. The van der Waals surface area contributed by atoms with Gasteiger partial charge in [0.15, 0.2) is 0 Å². The molecule has 2 aliphatic rings. The summed E-state index contributed by atoms with van der Waals surface area (Å²) in [5, 5.41) is 6.49. The van der Waals surface area contributed by atoms with E-state index in [0.29, 0.717) is 0 Å². The van der Waals surface area contributed by atoms with Gasteiger partial charge < -0.3 is 25.0 Å². The Kier molecular flexibility index (Phi) is 7.79. The summed E-state index contributed by atoms with van der Waals surface area (Å²) in [6.45, 7) is 7.23. The highest BCUT2D eigenvalue weighted by molar-refractivity contribution is 5.68. The molecule has 0 radical (unpaired) electrons. The Bertz CT molecular complexity index is 744. The number of nitrogens with zero attached hydrogens (tertiary/aromatic N) is 1. The molecule has 0 bridgehead atoms. The van der Waals surface area contributed by atoms with Crippen LogP contribution in [0.15, 0.2) is 24.3 Å². The van der Waals surface area contributed by atoms with E-state index in [1.807, 2.05) is 20.8 Å². The highest BCUT2D eigenvalue weighted by atomic mass is 19.4. The van der Waals surface area contributed by atoms with Crippen molar-refractivity contribution in [2.75, 3.05) is 18.0 Å². The van der Waals surface area contributed by atoms with Crippen molar-refractivity contribution in [3.63, 3.8) is 0 Å². The van der Waals surface area contributed by atoms with Gasteiger partial charge in [0.25, 0.3) is 0 Å². The number of rotatable bonds is 5. The monoisotopic (exact) mass is 457 g/mol. The number of piperidine rings is 1. The van der Waals surface area contributed by atoms with Gasteiger partial charge in [0.05, 0.1) is 6.04 Å². The maximum atomic E-state index is 12.6. The average Bonchev–Trinajstić information content (AvgIpc) is 2.69. The zero-order valence-corrected chi connectivity index (χ0v) is 19.0. The molecule has 1 saturated carbocycles. The fraction of sp³-hybridized carbons (Fsp3) is 0.696. The SMILES string of the molecule is CC(C)(C)OC(=O)N[C@@H]1CCCC[C@H]1N(c1ccc(OC(F)(F)F)cc1)[C@H]1CCCNC1. The molecule has 32 heavy (non-hydrogen) atoms. The summed E-state index contributed by atoms with van der Waals surface area (Å²) in [4.78, 5) is 14.8. The van der Waals surface area contributed by atoms with Crippen molar-refractivity contribution in [3.8, 4) is 5.75 Å². The minimum absolute atomic E-state index is 0.0237. The third kappa shape index (κ3) is 7.18. The number of benzene rings is 1. The van der Waals surface area contributed by atoms with Gasteiger partial charge in [0, 0.05) is 24.3 Å². The average molecular weight is 458 g/mol. The van der Waals surface area contributed by atoms with Gasteiger partial charge in [0.1, 0.15) is 11.4 Å². The van der Waals surface area contributed by atoms with Gasteiger partial charge in [-0.15, -0.1) is 13.2 Å². The first-order chi connectivity index (χ1) is 15.0. The molecular formula is C23H34F3N3O3. The van der Waals surface area contributed by atoms with E-state index in [0.717, 1.165) is 57.3 Å². The van der Waals surface area contributed by atoms with E-state index in [2.05, 4.69) is 20.3 Å². The molecular weight excluding hydrogens is 423 g/mol. The molecule has 1 aliphatic heterocycles. The molecule has 1 amide bonds. The first-order valence-electron chi connectivity index (χ1n) is 11.4. The Morgan fingerprint density at radius 1 is 1.06 bits per heavy atom. The molecule has 2 N–H and O–H groups in total. The molecule has 0 spiro atoms. The van der Waals surface area contributed by atoms with Crippen LogP contribution in [0.3, 0.4) is 0 Å². The summed E-state index contributed by atoms with van der Waals surface area (Å²) in [5.74, 6) is -0.241. The predicted octanol–water partition coefficient (Wildman–Crippen LogP) is 4.98. The number of hydrogen-bond donors (Lipinski definition) is 2.